The molecule has 0 spiro atoms. The van der Waals surface area contributed by atoms with Gasteiger partial charge in [-0.25, -0.2) is 0 Å². The van der Waals surface area contributed by atoms with E-state index in [9.17, 15) is 24.9 Å². The van der Waals surface area contributed by atoms with E-state index in [-0.39, 0.29) is 37.1 Å². The summed E-state index contributed by atoms with van der Waals surface area (Å²) < 4.78 is 16.0. The molecule has 1 saturated heterocycles. The van der Waals surface area contributed by atoms with Crippen LogP contribution in [0.25, 0.3) is 0 Å². The quantitative estimate of drug-likeness (QED) is 0.253. The fourth-order valence-corrected chi connectivity index (χ4v) is 4.99. The molecule has 1 aliphatic heterocycles. The first-order chi connectivity index (χ1) is 18.9. The minimum absolute atomic E-state index is 0.0318. The van der Waals surface area contributed by atoms with Crippen LogP contribution in [-0.2, 0) is 19.0 Å². The maximum Gasteiger partial charge on any atom is 0.306 e. The van der Waals surface area contributed by atoms with Crippen LogP contribution >= 0.6 is 0 Å². The van der Waals surface area contributed by atoms with Gasteiger partial charge in [-0.3, -0.25) is 9.59 Å². The Kier molecular flexibility index (Phi) is 9.97. The number of carbonyl (C=O) groups is 2. The Morgan fingerprint density at radius 1 is 0.744 bits per heavy atom. The molecule has 8 nitrogen and oxygen atoms in total. The second kappa shape index (κ2) is 13.6. The first-order valence-electron chi connectivity index (χ1n) is 12.9. The summed E-state index contributed by atoms with van der Waals surface area (Å²) in [5, 5.41) is 30.4. The van der Waals surface area contributed by atoms with Gasteiger partial charge in [-0.1, -0.05) is 91.0 Å². The molecule has 0 amide bonds. The van der Waals surface area contributed by atoms with Crippen molar-refractivity contribution in [3.05, 3.63) is 108 Å². The summed E-state index contributed by atoms with van der Waals surface area (Å²) in [5.74, 6) is -1.29. The monoisotopic (exact) mass is 534 g/mol. The van der Waals surface area contributed by atoms with Crippen LogP contribution in [0.2, 0.25) is 0 Å². The number of methoxy groups -OCH3 is 1. The molecular formula is C31H34O8. The predicted octanol–water partition coefficient (Wildman–Crippen LogP) is 3.21. The first kappa shape index (κ1) is 28.6. The Morgan fingerprint density at radius 3 is 1.79 bits per heavy atom. The highest BCUT2D eigenvalue weighted by Gasteiger charge is 2.44. The Balaban J connectivity index is 1.55. The van der Waals surface area contributed by atoms with Crippen LogP contribution < -0.4 is 0 Å². The zero-order chi connectivity index (χ0) is 27.8. The molecule has 8 heteroatoms. The summed E-state index contributed by atoms with van der Waals surface area (Å²) in [6.45, 7) is -0.343. The number of ether oxygens (including phenoxy) is 3. The van der Waals surface area contributed by atoms with Crippen molar-refractivity contribution < 1.29 is 39.1 Å². The lowest BCUT2D eigenvalue weighted by atomic mass is 9.76. The molecule has 3 N–H and O–H groups in total. The molecule has 7 atom stereocenters. The average Bonchev–Trinajstić information content (AvgIpc) is 2.98. The van der Waals surface area contributed by atoms with E-state index < -0.39 is 36.7 Å². The van der Waals surface area contributed by atoms with Gasteiger partial charge in [-0.15, -0.1) is 0 Å². The molecule has 206 valence electrons. The van der Waals surface area contributed by atoms with Crippen LogP contribution in [0, 0.1) is 0 Å². The van der Waals surface area contributed by atoms with E-state index >= 15 is 0 Å². The number of esters is 1. The van der Waals surface area contributed by atoms with E-state index in [0.29, 0.717) is 5.56 Å². The van der Waals surface area contributed by atoms with Gasteiger partial charge in [0, 0.05) is 25.0 Å². The molecule has 3 aromatic rings. The van der Waals surface area contributed by atoms with Crippen LogP contribution in [-0.4, -0.2) is 71.5 Å². The van der Waals surface area contributed by atoms with Gasteiger partial charge in [0.1, 0.15) is 31.0 Å². The molecule has 0 bridgehead atoms. The van der Waals surface area contributed by atoms with Crippen LogP contribution in [0.5, 0.6) is 0 Å². The minimum atomic E-state index is -1.52. The fraction of sp³-hybridized carbons (Fsp3) is 0.355. The van der Waals surface area contributed by atoms with E-state index in [1.807, 2.05) is 78.9 Å². The van der Waals surface area contributed by atoms with E-state index in [1.165, 1.54) is 7.11 Å². The van der Waals surface area contributed by atoms with Crippen molar-refractivity contribution in [3.63, 3.8) is 0 Å². The Morgan fingerprint density at radius 2 is 1.26 bits per heavy atom. The largest absolute Gasteiger partial charge is 0.463 e. The molecule has 39 heavy (non-hydrogen) atoms. The van der Waals surface area contributed by atoms with Gasteiger partial charge >= 0.3 is 5.97 Å². The number of benzene rings is 3. The van der Waals surface area contributed by atoms with E-state index in [1.54, 1.807) is 12.1 Å². The number of Topliss-reactive ketones (excluding diaryl/α,β-unsaturated/α-hetero) is 1. The molecule has 0 aromatic heterocycles. The zero-order valence-corrected chi connectivity index (χ0v) is 21.7. The van der Waals surface area contributed by atoms with Gasteiger partial charge in [-0.05, 0) is 17.0 Å². The van der Waals surface area contributed by atoms with E-state index in [2.05, 4.69) is 0 Å². The van der Waals surface area contributed by atoms with Gasteiger partial charge in [0.25, 0.3) is 0 Å². The lowest BCUT2D eigenvalue weighted by Gasteiger charge is -2.39. The third kappa shape index (κ3) is 7.17. The van der Waals surface area contributed by atoms with Crippen LogP contribution in [0.15, 0.2) is 91.0 Å². The van der Waals surface area contributed by atoms with Gasteiger partial charge < -0.3 is 29.5 Å². The molecule has 0 aliphatic carbocycles. The van der Waals surface area contributed by atoms with Crippen LogP contribution in [0.1, 0.15) is 46.2 Å². The first-order valence-corrected chi connectivity index (χ1v) is 12.9. The lowest BCUT2D eigenvalue weighted by Crippen LogP contribution is -2.59. The van der Waals surface area contributed by atoms with Crippen LogP contribution in [0.3, 0.4) is 0 Å². The SMILES string of the molecule is CO[C@H]1O[C@H](COC(=O)CC(c2ccccc2)C(CC(=O)c2ccccc2)c2ccccc2)[C@@H](O)[C@H](O)[C@@H]1O. The maximum atomic E-state index is 13.3. The van der Waals surface area contributed by atoms with Crippen molar-refractivity contribution in [1.82, 2.24) is 0 Å². The molecule has 1 fully saturated rings. The Labute approximate surface area is 227 Å². The van der Waals surface area contributed by atoms with Crippen molar-refractivity contribution in [2.45, 2.75) is 55.4 Å². The molecule has 4 rings (SSSR count). The molecule has 2 unspecified atom stereocenters. The molecule has 1 heterocycles. The van der Waals surface area contributed by atoms with Crippen molar-refractivity contribution in [2.24, 2.45) is 0 Å². The summed E-state index contributed by atoms with van der Waals surface area (Å²) in [4.78, 5) is 26.5. The molecule has 0 radical (unpaired) electrons. The van der Waals surface area contributed by atoms with Gasteiger partial charge in [0.15, 0.2) is 12.1 Å². The predicted molar refractivity (Wildman–Crippen MR) is 143 cm³/mol. The fourth-order valence-electron chi connectivity index (χ4n) is 4.99. The van der Waals surface area contributed by atoms with Crippen molar-refractivity contribution in [3.8, 4) is 0 Å². The summed E-state index contributed by atoms with van der Waals surface area (Å²) in [6, 6.07) is 28.2. The molecule has 1 aliphatic rings. The van der Waals surface area contributed by atoms with Crippen molar-refractivity contribution >= 4 is 11.8 Å². The lowest BCUT2D eigenvalue weighted by molar-refractivity contribution is -0.295. The minimum Gasteiger partial charge on any atom is -0.463 e. The molecular weight excluding hydrogens is 500 g/mol. The highest BCUT2D eigenvalue weighted by molar-refractivity contribution is 5.96. The number of rotatable bonds is 11. The third-order valence-electron chi connectivity index (χ3n) is 7.14. The highest BCUT2D eigenvalue weighted by Crippen LogP contribution is 2.39. The Hall–Kier alpha value is -3.40. The second-order valence-electron chi connectivity index (χ2n) is 9.67. The number of carbonyl (C=O) groups excluding carboxylic acids is 2. The smallest absolute Gasteiger partial charge is 0.306 e. The number of aliphatic hydroxyl groups is 3. The average molecular weight is 535 g/mol. The Bertz CT molecular complexity index is 1180. The van der Waals surface area contributed by atoms with Crippen LogP contribution in [0.4, 0.5) is 0 Å². The van der Waals surface area contributed by atoms with Crippen molar-refractivity contribution in [2.75, 3.05) is 13.7 Å². The summed E-state index contributed by atoms with van der Waals surface area (Å²) in [5.41, 5.74) is 2.41. The van der Waals surface area contributed by atoms with E-state index in [4.69, 9.17) is 14.2 Å². The van der Waals surface area contributed by atoms with Crippen molar-refractivity contribution in [1.29, 1.82) is 0 Å². The van der Waals surface area contributed by atoms with E-state index in [0.717, 1.165) is 11.1 Å². The zero-order valence-electron chi connectivity index (χ0n) is 21.7. The topological polar surface area (TPSA) is 123 Å². The second-order valence-corrected chi connectivity index (χ2v) is 9.67. The van der Waals surface area contributed by atoms with Gasteiger partial charge in [0.2, 0.25) is 0 Å². The summed E-state index contributed by atoms with van der Waals surface area (Å²) >= 11 is 0. The third-order valence-corrected chi connectivity index (χ3v) is 7.14. The highest BCUT2D eigenvalue weighted by atomic mass is 16.7. The number of hydrogen-bond acceptors (Lipinski definition) is 8. The standard InChI is InChI=1S/C31H34O8/c1-37-31-30(36)29(35)28(34)26(39-31)19-38-27(33)18-24(21-13-7-3-8-14-21)23(20-11-5-2-6-12-20)17-25(32)22-15-9-4-10-16-22/h2-16,23-24,26,28-31,34-36H,17-19H2,1H3/t23?,24?,26-,28-,29+,30+,31+/m1/s1. The summed E-state index contributed by atoms with van der Waals surface area (Å²) in [7, 11) is 1.30. The number of hydrogen-bond donors (Lipinski definition) is 3. The summed E-state index contributed by atoms with van der Waals surface area (Å²) in [6.07, 6.45) is -6.53. The molecule has 0 saturated carbocycles. The van der Waals surface area contributed by atoms with Gasteiger partial charge in [0.05, 0.1) is 6.42 Å². The number of ketones is 1. The van der Waals surface area contributed by atoms with Gasteiger partial charge in [-0.2, -0.15) is 0 Å². The normalized spacial score (nSPS) is 24.5. The number of aliphatic hydroxyl groups excluding tert-OH is 3. The molecule has 3 aromatic carbocycles. The maximum absolute atomic E-state index is 13.3.